The monoisotopic (exact) mass is 969 g/mol. The van der Waals surface area contributed by atoms with Gasteiger partial charge in [0.2, 0.25) is 0 Å². The molecular weight excluding hydrogens is 853 g/mol. The molecule has 0 saturated carbocycles. The number of hydrogen-bond donors (Lipinski definition) is 0. The molecule has 0 rings (SSSR count). The Balaban J connectivity index is 4.39. The molecule has 1 atom stereocenters. The number of carbonyl (C=O) groups excluding carboxylic acids is 3. The van der Waals surface area contributed by atoms with E-state index < -0.39 is 6.10 Å². The number of hydrogen-bond acceptors (Lipinski definition) is 6. The summed E-state index contributed by atoms with van der Waals surface area (Å²) in [5.74, 6) is -0.917. The third kappa shape index (κ3) is 56.4. The molecule has 0 aromatic heterocycles. The predicted molar refractivity (Wildman–Crippen MR) is 298 cm³/mol. The molecule has 0 aliphatic rings. The highest BCUT2D eigenvalue weighted by atomic mass is 16.6. The molecule has 404 valence electrons. The van der Waals surface area contributed by atoms with E-state index in [1.165, 1.54) is 225 Å². The smallest absolute Gasteiger partial charge is 0.306 e. The Morgan fingerprint density at radius 2 is 0.536 bits per heavy atom. The molecular formula is C63H116O6. The highest BCUT2D eigenvalue weighted by Crippen LogP contribution is 2.17. The van der Waals surface area contributed by atoms with Gasteiger partial charge in [0.25, 0.3) is 0 Å². The van der Waals surface area contributed by atoms with Crippen molar-refractivity contribution in [1.29, 1.82) is 0 Å². The van der Waals surface area contributed by atoms with Gasteiger partial charge in [-0.25, -0.2) is 0 Å². The molecule has 1 unspecified atom stereocenters. The molecule has 0 aromatic carbocycles. The van der Waals surface area contributed by atoms with Crippen molar-refractivity contribution in [3.8, 4) is 0 Å². The fraction of sp³-hybridized carbons (Fsp3) is 0.857. The maximum absolute atomic E-state index is 12.8. The molecule has 0 bridgehead atoms. The van der Waals surface area contributed by atoms with E-state index in [2.05, 4.69) is 57.2 Å². The zero-order valence-corrected chi connectivity index (χ0v) is 46.3. The van der Waals surface area contributed by atoms with Crippen molar-refractivity contribution in [3.05, 3.63) is 36.5 Å². The number of ether oxygens (including phenoxy) is 3. The number of esters is 3. The maximum Gasteiger partial charge on any atom is 0.306 e. The van der Waals surface area contributed by atoms with Crippen molar-refractivity contribution >= 4 is 17.9 Å². The summed E-state index contributed by atoms with van der Waals surface area (Å²) in [7, 11) is 0. The summed E-state index contributed by atoms with van der Waals surface area (Å²) in [6.07, 6.45) is 70.0. The van der Waals surface area contributed by atoms with E-state index in [0.717, 1.165) is 57.8 Å². The van der Waals surface area contributed by atoms with E-state index in [1.54, 1.807) is 0 Å². The molecule has 0 heterocycles. The minimum atomic E-state index is -0.794. The average molecular weight is 970 g/mol. The Kier molecular flexibility index (Phi) is 56.2. The van der Waals surface area contributed by atoms with Crippen molar-refractivity contribution in [3.63, 3.8) is 0 Å². The van der Waals surface area contributed by atoms with Crippen LogP contribution in [0.15, 0.2) is 36.5 Å². The van der Waals surface area contributed by atoms with Gasteiger partial charge in [-0.05, 0) is 51.4 Å². The fourth-order valence-corrected chi connectivity index (χ4v) is 9.05. The normalized spacial score (nSPS) is 12.2. The third-order valence-electron chi connectivity index (χ3n) is 13.6. The zero-order chi connectivity index (χ0) is 50.0. The van der Waals surface area contributed by atoms with Gasteiger partial charge < -0.3 is 14.2 Å². The summed E-state index contributed by atoms with van der Waals surface area (Å²) in [4.78, 5) is 38.2. The minimum Gasteiger partial charge on any atom is -0.462 e. The summed E-state index contributed by atoms with van der Waals surface area (Å²) in [6, 6.07) is 0. The maximum atomic E-state index is 12.8. The Bertz CT molecular complexity index is 1160. The van der Waals surface area contributed by atoms with Gasteiger partial charge in [-0.15, -0.1) is 0 Å². The SMILES string of the molecule is CCCCCCCC/C=C\C/C=C\C/C=C\CCCC(=O)OC(COC(=O)CCCCCCCCCCCCCCCCCC)COC(=O)CCCCCCCCCCCCCCCCCCCC. The number of rotatable bonds is 56. The van der Waals surface area contributed by atoms with Crippen LogP contribution in [-0.2, 0) is 28.6 Å². The number of carbonyl (C=O) groups is 3. The van der Waals surface area contributed by atoms with Gasteiger partial charge >= 0.3 is 17.9 Å². The Morgan fingerprint density at radius 3 is 0.855 bits per heavy atom. The first kappa shape index (κ1) is 66.6. The van der Waals surface area contributed by atoms with E-state index in [9.17, 15) is 14.4 Å². The molecule has 69 heavy (non-hydrogen) atoms. The van der Waals surface area contributed by atoms with Crippen molar-refractivity contribution in [2.75, 3.05) is 13.2 Å². The molecule has 6 heteroatoms. The van der Waals surface area contributed by atoms with Crippen LogP contribution in [0.5, 0.6) is 0 Å². The van der Waals surface area contributed by atoms with Crippen molar-refractivity contribution in [1.82, 2.24) is 0 Å². The quantitative estimate of drug-likeness (QED) is 0.0261. The summed E-state index contributed by atoms with van der Waals surface area (Å²) in [6.45, 7) is 6.65. The molecule has 0 fully saturated rings. The van der Waals surface area contributed by atoms with Crippen LogP contribution in [0.2, 0.25) is 0 Å². The lowest BCUT2D eigenvalue weighted by Gasteiger charge is -2.18. The highest BCUT2D eigenvalue weighted by Gasteiger charge is 2.19. The molecule has 0 N–H and O–H groups in total. The molecule has 0 amide bonds. The first-order valence-electron chi connectivity index (χ1n) is 30.5. The highest BCUT2D eigenvalue weighted by molar-refractivity contribution is 5.71. The Hall–Kier alpha value is -2.37. The molecule has 6 nitrogen and oxygen atoms in total. The van der Waals surface area contributed by atoms with Crippen LogP contribution in [0.3, 0.4) is 0 Å². The zero-order valence-electron chi connectivity index (χ0n) is 46.3. The second-order valence-corrected chi connectivity index (χ2v) is 20.6. The van der Waals surface area contributed by atoms with Crippen LogP contribution in [0, 0.1) is 0 Å². The first-order valence-corrected chi connectivity index (χ1v) is 30.5. The summed E-state index contributed by atoms with van der Waals surface area (Å²) in [5.41, 5.74) is 0. The van der Waals surface area contributed by atoms with E-state index in [1.807, 2.05) is 0 Å². The lowest BCUT2D eigenvalue weighted by molar-refractivity contribution is -0.167. The van der Waals surface area contributed by atoms with Gasteiger partial charge in [0.15, 0.2) is 6.10 Å². The lowest BCUT2D eigenvalue weighted by atomic mass is 10.0. The fourth-order valence-electron chi connectivity index (χ4n) is 9.05. The summed E-state index contributed by atoms with van der Waals surface area (Å²) >= 11 is 0. The standard InChI is InChI=1S/C63H116O6/c1-4-7-10-13-16-19-22-25-28-31-33-35-38-41-44-47-50-53-56-62(65)68-59-60(58-67-61(64)55-52-49-46-43-40-37-34-30-27-24-21-18-15-12-9-6-3)69-63(66)57-54-51-48-45-42-39-36-32-29-26-23-20-17-14-11-8-5-2/h26,29,36,39,45,48,60H,4-25,27-28,30-35,37-38,40-44,46-47,49-59H2,1-3H3/b29-26-,39-36-,48-45-. The molecule has 0 aliphatic carbocycles. The molecule has 0 aromatic rings. The molecule has 0 saturated heterocycles. The van der Waals surface area contributed by atoms with E-state index in [-0.39, 0.29) is 37.5 Å². The average Bonchev–Trinajstić information content (AvgIpc) is 3.35. The minimum absolute atomic E-state index is 0.0869. The molecule has 0 aliphatic heterocycles. The van der Waals surface area contributed by atoms with E-state index in [4.69, 9.17) is 14.2 Å². The lowest BCUT2D eigenvalue weighted by Crippen LogP contribution is -2.30. The summed E-state index contributed by atoms with van der Waals surface area (Å²) in [5, 5.41) is 0. The Labute approximate surface area is 429 Å². The third-order valence-corrected chi connectivity index (χ3v) is 13.6. The van der Waals surface area contributed by atoms with Gasteiger partial charge in [-0.2, -0.15) is 0 Å². The first-order chi connectivity index (χ1) is 34.0. The van der Waals surface area contributed by atoms with Crippen LogP contribution < -0.4 is 0 Å². The van der Waals surface area contributed by atoms with Crippen molar-refractivity contribution < 1.29 is 28.6 Å². The van der Waals surface area contributed by atoms with Crippen LogP contribution >= 0.6 is 0 Å². The van der Waals surface area contributed by atoms with Gasteiger partial charge in [0.1, 0.15) is 13.2 Å². The topological polar surface area (TPSA) is 78.9 Å². The number of unbranched alkanes of at least 4 members (excludes halogenated alkanes) is 39. The molecule has 0 radical (unpaired) electrons. The van der Waals surface area contributed by atoms with Crippen LogP contribution in [0.1, 0.15) is 329 Å². The second-order valence-electron chi connectivity index (χ2n) is 20.6. The van der Waals surface area contributed by atoms with E-state index >= 15 is 0 Å². The largest absolute Gasteiger partial charge is 0.462 e. The Morgan fingerprint density at radius 1 is 0.290 bits per heavy atom. The van der Waals surface area contributed by atoms with E-state index in [0.29, 0.717) is 19.3 Å². The van der Waals surface area contributed by atoms with Gasteiger partial charge in [-0.3, -0.25) is 14.4 Å². The van der Waals surface area contributed by atoms with Crippen molar-refractivity contribution in [2.24, 2.45) is 0 Å². The predicted octanol–water partition coefficient (Wildman–Crippen LogP) is 20.4. The van der Waals surface area contributed by atoms with Crippen molar-refractivity contribution in [2.45, 2.75) is 335 Å². The second kappa shape index (κ2) is 58.2. The van der Waals surface area contributed by atoms with Crippen LogP contribution in [0.25, 0.3) is 0 Å². The van der Waals surface area contributed by atoms with Gasteiger partial charge in [0, 0.05) is 19.3 Å². The number of allylic oxidation sites excluding steroid dienone is 6. The molecule has 0 spiro atoms. The van der Waals surface area contributed by atoms with Gasteiger partial charge in [-0.1, -0.05) is 295 Å². The van der Waals surface area contributed by atoms with Gasteiger partial charge in [0.05, 0.1) is 0 Å². The van der Waals surface area contributed by atoms with Crippen LogP contribution in [0.4, 0.5) is 0 Å². The summed E-state index contributed by atoms with van der Waals surface area (Å²) < 4.78 is 16.9. The van der Waals surface area contributed by atoms with Crippen LogP contribution in [-0.4, -0.2) is 37.2 Å².